The standard InChI is InChI=1S/C21H28N2O2/c1-15(16-7-3-2-4-8-16)23-14-19(11-20(23)24)21(25)22-12-17-9-5-6-10-18(17)13-22/h2-4,7-8,15,17-19H,5-6,9-14H2,1H3. The van der Waals surface area contributed by atoms with Crippen molar-refractivity contribution in [2.45, 2.75) is 45.1 Å². The average Bonchev–Trinajstić information content (AvgIpc) is 3.25. The van der Waals surface area contributed by atoms with Gasteiger partial charge >= 0.3 is 0 Å². The molecule has 3 aliphatic rings. The Morgan fingerprint density at radius 2 is 1.68 bits per heavy atom. The van der Waals surface area contributed by atoms with Crippen LogP contribution in [-0.4, -0.2) is 41.2 Å². The number of fused-ring (bicyclic) bond motifs is 1. The maximum Gasteiger partial charge on any atom is 0.228 e. The lowest BCUT2D eigenvalue weighted by Gasteiger charge is -2.26. The van der Waals surface area contributed by atoms with E-state index >= 15 is 0 Å². The van der Waals surface area contributed by atoms with Gasteiger partial charge in [-0.2, -0.15) is 0 Å². The van der Waals surface area contributed by atoms with Gasteiger partial charge in [-0.05, 0) is 37.2 Å². The number of hydrogen-bond acceptors (Lipinski definition) is 2. The molecule has 0 N–H and O–H groups in total. The highest BCUT2D eigenvalue weighted by Gasteiger charge is 2.42. The number of carbonyl (C=O) groups excluding carboxylic acids is 2. The molecular formula is C21H28N2O2. The summed E-state index contributed by atoms with van der Waals surface area (Å²) in [6, 6.07) is 10.1. The lowest BCUT2D eigenvalue weighted by Crippen LogP contribution is -2.36. The van der Waals surface area contributed by atoms with Gasteiger partial charge in [-0.25, -0.2) is 0 Å². The predicted octanol–water partition coefficient (Wildman–Crippen LogP) is 3.24. The van der Waals surface area contributed by atoms with E-state index in [4.69, 9.17) is 0 Å². The Balaban J connectivity index is 1.41. The summed E-state index contributed by atoms with van der Waals surface area (Å²) in [7, 11) is 0. The van der Waals surface area contributed by atoms with Crippen LogP contribution < -0.4 is 0 Å². The minimum Gasteiger partial charge on any atom is -0.342 e. The Hall–Kier alpha value is -1.84. The fourth-order valence-electron chi connectivity index (χ4n) is 5.03. The van der Waals surface area contributed by atoms with E-state index in [0.717, 1.165) is 18.7 Å². The highest BCUT2D eigenvalue weighted by molar-refractivity contribution is 5.89. The fourth-order valence-corrected chi connectivity index (χ4v) is 5.03. The van der Waals surface area contributed by atoms with Crippen LogP contribution in [0, 0.1) is 17.8 Å². The van der Waals surface area contributed by atoms with E-state index in [0.29, 0.717) is 24.8 Å². The average molecular weight is 340 g/mol. The van der Waals surface area contributed by atoms with Gasteiger partial charge in [0.2, 0.25) is 11.8 Å². The Morgan fingerprint density at radius 3 is 2.32 bits per heavy atom. The third-order valence-electron chi connectivity index (χ3n) is 6.55. The number of hydrogen-bond donors (Lipinski definition) is 0. The van der Waals surface area contributed by atoms with Crippen LogP contribution in [-0.2, 0) is 9.59 Å². The van der Waals surface area contributed by atoms with Gasteiger partial charge in [-0.1, -0.05) is 43.2 Å². The molecular weight excluding hydrogens is 312 g/mol. The Labute approximate surface area is 150 Å². The summed E-state index contributed by atoms with van der Waals surface area (Å²) in [5.74, 6) is 1.58. The molecule has 1 aromatic rings. The summed E-state index contributed by atoms with van der Waals surface area (Å²) in [5, 5.41) is 0. The highest BCUT2D eigenvalue weighted by atomic mass is 16.2. The first kappa shape index (κ1) is 16.6. The van der Waals surface area contributed by atoms with Gasteiger partial charge in [0.05, 0.1) is 12.0 Å². The van der Waals surface area contributed by atoms with E-state index in [1.165, 1.54) is 25.7 Å². The summed E-state index contributed by atoms with van der Waals surface area (Å²) in [6.07, 6.45) is 5.55. The maximum absolute atomic E-state index is 13.0. The molecule has 0 aromatic heterocycles. The van der Waals surface area contributed by atoms with Gasteiger partial charge in [0.1, 0.15) is 0 Å². The molecule has 2 aliphatic heterocycles. The largest absolute Gasteiger partial charge is 0.342 e. The van der Waals surface area contributed by atoms with E-state index < -0.39 is 0 Å². The Bertz CT molecular complexity index is 631. The summed E-state index contributed by atoms with van der Waals surface area (Å²) in [4.78, 5) is 29.5. The lowest BCUT2D eigenvalue weighted by atomic mass is 9.82. The SMILES string of the molecule is CC(c1ccccc1)N1CC(C(=O)N2CC3CCCCC3C2)CC1=O. The summed E-state index contributed by atoms with van der Waals surface area (Å²) in [6.45, 7) is 4.47. The van der Waals surface area contributed by atoms with E-state index in [-0.39, 0.29) is 23.8 Å². The molecule has 4 heteroatoms. The first-order valence-corrected chi connectivity index (χ1v) is 9.76. The van der Waals surface area contributed by atoms with Crippen molar-refractivity contribution in [2.24, 2.45) is 17.8 Å². The second-order valence-electron chi connectivity index (χ2n) is 8.08. The number of nitrogens with zero attached hydrogens (tertiary/aromatic N) is 2. The smallest absolute Gasteiger partial charge is 0.228 e. The van der Waals surface area contributed by atoms with Gasteiger partial charge in [-0.3, -0.25) is 9.59 Å². The molecule has 1 aromatic carbocycles. The van der Waals surface area contributed by atoms with Gasteiger partial charge in [-0.15, -0.1) is 0 Å². The monoisotopic (exact) mass is 340 g/mol. The molecule has 134 valence electrons. The fraction of sp³-hybridized carbons (Fsp3) is 0.619. The van der Waals surface area contributed by atoms with Crippen LogP contribution in [0.25, 0.3) is 0 Å². The molecule has 2 amide bonds. The third-order valence-corrected chi connectivity index (χ3v) is 6.55. The Morgan fingerprint density at radius 1 is 1.04 bits per heavy atom. The van der Waals surface area contributed by atoms with E-state index in [9.17, 15) is 9.59 Å². The maximum atomic E-state index is 13.0. The van der Waals surface area contributed by atoms with Gasteiger partial charge in [0.25, 0.3) is 0 Å². The molecule has 0 bridgehead atoms. The quantitative estimate of drug-likeness (QED) is 0.847. The van der Waals surface area contributed by atoms with E-state index in [1.54, 1.807) is 0 Å². The molecule has 2 saturated heterocycles. The normalized spacial score (nSPS) is 30.4. The first-order valence-electron chi connectivity index (χ1n) is 9.76. The second kappa shape index (κ2) is 6.81. The molecule has 1 aliphatic carbocycles. The van der Waals surface area contributed by atoms with E-state index in [2.05, 4.69) is 24.0 Å². The van der Waals surface area contributed by atoms with Gasteiger partial charge < -0.3 is 9.80 Å². The van der Waals surface area contributed by atoms with Crippen molar-refractivity contribution in [1.82, 2.24) is 9.80 Å². The topological polar surface area (TPSA) is 40.6 Å². The van der Waals surface area contributed by atoms with Crippen molar-refractivity contribution in [1.29, 1.82) is 0 Å². The molecule has 0 spiro atoms. The van der Waals surface area contributed by atoms with Crippen molar-refractivity contribution < 1.29 is 9.59 Å². The summed E-state index contributed by atoms with van der Waals surface area (Å²) < 4.78 is 0. The molecule has 3 fully saturated rings. The van der Waals surface area contributed by atoms with E-state index in [1.807, 2.05) is 23.1 Å². The lowest BCUT2D eigenvalue weighted by molar-refractivity contribution is -0.135. The first-order chi connectivity index (χ1) is 12.1. The van der Waals surface area contributed by atoms with Crippen LogP contribution in [0.5, 0.6) is 0 Å². The summed E-state index contributed by atoms with van der Waals surface area (Å²) in [5.41, 5.74) is 1.14. The zero-order valence-corrected chi connectivity index (χ0v) is 15.1. The molecule has 4 nitrogen and oxygen atoms in total. The van der Waals surface area contributed by atoms with Crippen LogP contribution >= 0.6 is 0 Å². The van der Waals surface area contributed by atoms with Crippen molar-refractivity contribution in [3.8, 4) is 0 Å². The zero-order chi connectivity index (χ0) is 17.4. The molecule has 25 heavy (non-hydrogen) atoms. The number of amides is 2. The molecule has 0 radical (unpaired) electrons. The van der Waals surface area contributed by atoms with Crippen molar-refractivity contribution in [3.63, 3.8) is 0 Å². The second-order valence-corrected chi connectivity index (χ2v) is 8.08. The van der Waals surface area contributed by atoms with Gasteiger partial charge in [0.15, 0.2) is 0 Å². The van der Waals surface area contributed by atoms with Crippen LogP contribution in [0.15, 0.2) is 30.3 Å². The molecule has 4 unspecified atom stereocenters. The zero-order valence-electron chi connectivity index (χ0n) is 15.1. The van der Waals surface area contributed by atoms with Crippen LogP contribution in [0.4, 0.5) is 0 Å². The molecule has 4 atom stereocenters. The number of rotatable bonds is 3. The molecule has 4 rings (SSSR count). The minimum atomic E-state index is -0.154. The van der Waals surface area contributed by atoms with Crippen molar-refractivity contribution >= 4 is 11.8 Å². The number of carbonyl (C=O) groups is 2. The van der Waals surface area contributed by atoms with Crippen LogP contribution in [0.1, 0.15) is 50.6 Å². The predicted molar refractivity (Wildman–Crippen MR) is 96.7 cm³/mol. The van der Waals surface area contributed by atoms with Crippen LogP contribution in [0.2, 0.25) is 0 Å². The van der Waals surface area contributed by atoms with Gasteiger partial charge in [0, 0.05) is 26.1 Å². The summed E-state index contributed by atoms with van der Waals surface area (Å²) >= 11 is 0. The minimum absolute atomic E-state index is 0.0349. The Kier molecular flexibility index (Phi) is 4.53. The van der Waals surface area contributed by atoms with Crippen molar-refractivity contribution in [2.75, 3.05) is 19.6 Å². The third kappa shape index (κ3) is 3.19. The molecule has 2 heterocycles. The number of benzene rings is 1. The van der Waals surface area contributed by atoms with Crippen LogP contribution in [0.3, 0.4) is 0 Å². The molecule has 1 saturated carbocycles. The van der Waals surface area contributed by atoms with Crippen molar-refractivity contribution in [3.05, 3.63) is 35.9 Å². The number of likely N-dealkylation sites (tertiary alicyclic amines) is 2. The highest BCUT2D eigenvalue weighted by Crippen LogP contribution is 2.37.